The number of hydrogen-bond acceptors (Lipinski definition) is 5. The van der Waals surface area contributed by atoms with Crippen molar-refractivity contribution in [2.45, 2.75) is 45.2 Å². The molecule has 2 aromatic rings. The first-order chi connectivity index (χ1) is 11.5. The standard InChI is InChI=1S/C16H20FN5OS/c1-10-4-3-5-11(2)22(10)16-21-20-15(24-16)19-14(23)18-13-8-6-12(17)7-9-13/h6-11H,3-5H2,1-2H3,(H2,18,19,20,23)/t10-,11-/m1/s1. The van der Waals surface area contributed by atoms with E-state index in [1.165, 1.54) is 42.0 Å². The van der Waals surface area contributed by atoms with Crippen LogP contribution >= 0.6 is 11.3 Å². The molecular formula is C16H20FN5OS. The lowest BCUT2D eigenvalue weighted by Gasteiger charge is -2.38. The van der Waals surface area contributed by atoms with Crippen LogP contribution in [0.25, 0.3) is 0 Å². The van der Waals surface area contributed by atoms with E-state index in [1.807, 2.05) is 0 Å². The van der Waals surface area contributed by atoms with Gasteiger partial charge in [0.05, 0.1) is 0 Å². The third kappa shape index (κ3) is 3.81. The maximum absolute atomic E-state index is 12.9. The summed E-state index contributed by atoms with van der Waals surface area (Å²) in [6, 6.07) is 5.99. The van der Waals surface area contributed by atoms with Crippen LogP contribution in [-0.4, -0.2) is 28.3 Å². The summed E-state index contributed by atoms with van der Waals surface area (Å²) in [5.41, 5.74) is 0.511. The lowest BCUT2D eigenvalue weighted by Crippen LogP contribution is -2.43. The second-order valence-corrected chi connectivity index (χ2v) is 6.97. The van der Waals surface area contributed by atoms with Gasteiger partial charge in [0, 0.05) is 17.8 Å². The van der Waals surface area contributed by atoms with Gasteiger partial charge in [-0.1, -0.05) is 11.3 Å². The molecule has 0 bridgehead atoms. The number of rotatable bonds is 3. The van der Waals surface area contributed by atoms with Crippen molar-refractivity contribution >= 4 is 33.3 Å². The molecule has 1 aromatic heterocycles. The van der Waals surface area contributed by atoms with E-state index in [9.17, 15) is 9.18 Å². The first-order valence-corrected chi connectivity index (χ1v) is 8.80. The Labute approximate surface area is 144 Å². The van der Waals surface area contributed by atoms with E-state index in [-0.39, 0.29) is 5.82 Å². The minimum absolute atomic E-state index is 0.348. The number of nitrogens with zero attached hydrogens (tertiary/aromatic N) is 3. The fourth-order valence-corrected chi connectivity index (χ4v) is 3.91. The monoisotopic (exact) mass is 349 g/mol. The number of halogens is 1. The molecule has 3 rings (SSSR count). The van der Waals surface area contributed by atoms with Gasteiger partial charge >= 0.3 is 6.03 Å². The van der Waals surface area contributed by atoms with Crippen LogP contribution < -0.4 is 15.5 Å². The molecule has 1 aromatic carbocycles. The molecular weight excluding hydrogens is 329 g/mol. The number of aromatic nitrogens is 2. The quantitative estimate of drug-likeness (QED) is 0.876. The number of benzene rings is 1. The van der Waals surface area contributed by atoms with Crippen molar-refractivity contribution in [3.05, 3.63) is 30.1 Å². The Morgan fingerprint density at radius 1 is 1.17 bits per heavy atom. The van der Waals surface area contributed by atoms with Crippen molar-refractivity contribution < 1.29 is 9.18 Å². The Hall–Kier alpha value is -2.22. The highest BCUT2D eigenvalue weighted by atomic mass is 32.1. The molecule has 1 aliphatic heterocycles. The number of nitrogens with one attached hydrogen (secondary N) is 2. The number of anilines is 3. The first-order valence-electron chi connectivity index (χ1n) is 7.98. The number of urea groups is 1. The van der Waals surface area contributed by atoms with Gasteiger partial charge in [-0.25, -0.2) is 9.18 Å². The number of amides is 2. The summed E-state index contributed by atoms with van der Waals surface area (Å²) in [6.45, 7) is 4.37. The second-order valence-electron chi connectivity index (χ2n) is 6.01. The summed E-state index contributed by atoms with van der Waals surface area (Å²) in [5, 5.41) is 14.8. The van der Waals surface area contributed by atoms with Crippen LogP contribution in [0.5, 0.6) is 0 Å². The van der Waals surface area contributed by atoms with Gasteiger partial charge in [-0.2, -0.15) is 0 Å². The van der Waals surface area contributed by atoms with Crippen LogP contribution in [0.3, 0.4) is 0 Å². The maximum Gasteiger partial charge on any atom is 0.325 e. The molecule has 0 unspecified atom stereocenters. The highest BCUT2D eigenvalue weighted by Crippen LogP contribution is 2.32. The van der Waals surface area contributed by atoms with Crippen LogP contribution in [-0.2, 0) is 0 Å². The molecule has 2 atom stereocenters. The van der Waals surface area contributed by atoms with E-state index in [0.29, 0.717) is 22.9 Å². The van der Waals surface area contributed by atoms with Gasteiger partial charge in [0.2, 0.25) is 10.3 Å². The molecule has 6 nitrogen and oxygen atoms in total. The number of hydrogen-bond donors (Lipinski definition) is 2. The van der Waals surface area contributed by atoms with Gasteiger partial charge in [0.15, 0.2) is 0 Å². The summed E-state index contributed by atoms with van der Waals surface area (Å²) < 4.78 is 12.9. The number of carbonyl (C=O) groups is 1. The van der Waals surface area contributed by atoms with Gasteiger partial charge in [0.1, 0.15) is 5.82 Å². The molecule has 2 heterocycles. The first kappa shape index (κ1) is 16.6. The van der Waals surface area contributed by atoms with Crippen LogP contribution in [0.4, 0.5) is 25.1 Å². The molecule has 24 heavy (non-hydrogen) atoms. The minimum Gasteiger partial charge on any atom is -0.341 e. The summed E-state index contributed by atoms with van der Waals surface area (Å²) in [5.74, 6) is -0.348. The van der Waals surface area contributed by atoms with Crippen molar-refractivity contribution in [1.82, 2.24) is 10.2 Å². The van der Waals surface area contributed by atoms with Crippen molar-refractivity contribution in [3.63, 3.8) is 0 Å². The lowest BCUT2D eigenvalue weighted by atomic mass is 9.98. The smallest absolute Gasteiger partial charge is 0.325 e. The Morgan fingerprint density at radius 2 is 1.83 bits per heavy atom. The molecule has 128 valence electrons. The highest BCUT2D eigenvalue weighted by molar-refractivity contribution is 7.19. The summed E-state index contributed by atoms with van der Waals surface area (Å²) in [4.78, 5) is 14.3. The summed E-state index contributed by atoms with van der Waals surface area (Å²) in [6.07, 6.45) is 3.50. The number of carbonyl (C=O) groups excluding carboxylic acids is 1. The van der Waals surface area contributed by atoms with Crippen LogP contribution in [0, 0.1) is 5.82 Å². The Balaban J connectivity index is 1.63. The fourth-order valence-electron chi connectivity index (χ4n) is 2.96. The van der Waals surface area contributed by atoms with Gasteiger partial charge in [-0.15, -0.1) is 10.2 Å². The van der Waals surface area contributed by atoms with E-state index in [1.54, 1.807) is 0 Å². The maximum atomic E-state index is 12.9. The minimum atomic E-state index is -0.427. The van der Waals surface area contributed by atoms with E-state index >= 15 is 0 Å². The molecule has 1 aliphatic rings. The molecule has 1 saturated heterocycles. The zero-order valence-electron chi connectivity index (χ0n) is 13.6. The average molecular weight is 349 g/mol. The highest BCUT2D eigenvalue weighted by Gasteiger charge is 2.27. The zero-order chi connectivity index (χ0) is 17.1. The van der Waals surface area contributed by atoms with Crippen molar-refractivity contribution in [2.24, 2.45) is 0 Å². The van der Waals surface area contributed by atoms with Crippen LogP contribution in [0.15, 0.2) is 24.3 Å². The van der Waals surface area contributed by atoms with E-state index < -0.39 is 6.03 Å². The third-order valence-corrected chi connectivity index (χ3v) is 5.00. The molecule has 2 amide bonds. The van der Waals surface area contributed by atoms with Crippen molar-refractivity contribution in [2.75, 3.05) is 15.5 Å². The average Bonchev–Trinajstić information content (AvgIpc) is 2.97. The van der Waals surface area contributed by atoms with E-state index in [2.05, 4.69) is 39.6 Å². The third-order valence-electron chi connectivity index (χ3n) is 4.15. The topological polar surface area (TPSA) is 70.2 Å². The van der Waals surface area contributed by atoms with Crippen LogP contribution in [0.1, 0.15) is 33.1 Å². The van der Waals surface area contributed by atoms with Crippen molar-refractivity contribution in [3.8, 4) is 0 Å². The van der Waals surface area contributed by atoms with Gasteiger partial charge in [-0.05, 0) is 57.4 Å². The lowest BCUT2D eigenvalue weighted by molar-refractivity contribution is 0.262. The normalized spacial score (nSPS) is 20.7. The molecule has 0 spiro atoms. The largest absolute Gasteiger partial charge is 0.341 e. The molecule has 0 aliphatic carbocycles. The number of piperidine rings is 1. The van der Waals surface area contributed by atoms with E-state index in [0.717, 1.165) is 18.0 Å². The SMILES string of the molecule is C[C@@H]1CCC[C@@H](C)N1c1nnc(NC(=O)Nc2ccc(F)cc2)s1. The van der Waals surface area contributed by atoms with Gasteiger partial charge in [-0.3, -0.25) is 5.32 Å². The molecule has 8 heteroatoms. The summed E-state index contributed by atoms with van der Waals surface area (Å²) in [7, 11) is 0. The fraction of sp³-hybridized carbons (Fsp3) is 0.438. The van der Waals surface area contributed by atoms with Gasteiger partial charge < -0.3 is 10.2 Å². The Kier molecular flexibility index (Phi) is 4.94. The Bertz CT molecular complexity index is 695. The van der Waals surface area contributed by atoms with Gasteiger partial charge in [0.25, 0.3) is 0 Å². The molecule has 2 N–H and O–H groups in total. The Morgan fingerprint density at radius 3 is 2.50 bits per heavy atom. The zero-order valence-corrected chi connectivity index (χ0v) is 14.4. The molecule has 0 radical (unpaired) electrons. The summed E-state index contributed by atoms with van der Waals surface area (Å²) >= 11 is 1.36. The predicted molar refractivity (Wildman–Crippen MR) is 94.2 cm³/mol. The van der Waals surface area contributed by atoms with Crippen LogP contribution in [0.2, 0.25) is 0 Å². The predicted octanol–water partition coefficient (Wildman–Crippen LogP) is 4.09. The van der Waals surface area contributed by atoms with E-state index in [4.69, 9.17) is 0 Å². The second kappa shape index (κ2) is 7.12. The molecule has 1 fully saturated rings. The van der Waals surface area contributed by atoms with Crippen molar-refractivity contribution in [1.29, 1.82) is 0 Å². The molecule has 0 saturated carbocycles.